The lowest BCUT2D eigenvalue weighted by Gasteiger charge is -2.30. The number of pyridine rings is 2. The number of aromatic amines is 1. The molecule has 40 heavy (non-hydrogen) atoms. The van der Waals surface area contributed by atoms with Crippen LogP contribution < -0.4 is 15.2 Å². The first kappa shape index (κ1) is 27.2. The number of anilines is 1. The zero-order valence-corrected chi connectivity index (χ0v) is 23.9. The number of hydrogen-bond donors (Lipinski definition) is 4. The number of hydrogen-bond acceptors (Lipinski definition) is 7. The fourth-order valence-electron chi connectivity index (χ4n) is 5.25. The number of sulfonamides is 2. The summed E-state index contributed by atoms with van der Waals surface area (Å²) in [4.78, 5) is 12.2. The lowest BCUT2D eigenvalue weighted by molar-refractivity contribution is 0.386. The summed E-state index contributed by atoms with van der Waals surface area (Å²) in [5, 5.41) is 9.77. The molecule has 6 rings (SSSR count). The molecule has 0 atom stereocenters. The molecule has 0 radical (unpaired) electrons. The van der Waals surface area contributed by atoms with Gasteiger partial charge in [0.05, 0.1) is 10.1 Å². The molecule has 13 heteroatoms. The number of benzene rings is 1. The Balaban J connectivity index is 1.22. The van der Waals surface area contributed by atoms with E-state index < -0.39 is 20.0 Å². The molecular formula is C27H29ClN6O4S2. The quantitative estimate of drug-likeness (QED) is 0.218. The Morgan fingerprint density at radius 2 is 1.65 bits per heavy atom. The minimum Gasteiger partial charge on any atom is -0.367 e. The van der Waals surface area contributed by atoms with Gasteiger partial charge in [0, 0.05) is 41.0 Å². The van der Waals surface area contributed by atoms with Crippen molar-refractivity contribution in [2.24, 2.45) is 5.14 Å². The molecule has 1 aromatic carbocycles. The summed E-state index contributed by atoms with van der Waals surface area (Å²) in [5.41, 5.74) is 3.81. The van der Waals surface area contributed by atoms with Gasteiger partial charge in [0.2, 0.25) is 20.0 Å². The fraction of sp³-hybridized carbons (Fsp3) is 0.333. The van der Waals surface area contributed by atoms with Crippen molar-refractivity contribution < 1.29 is 16.8 Å². The van der Waals surface area contributed by atoms with Crippen molar-refractivity contribution in [1.29, 1.82) is 0 Å². The van der Waals surface area contributed by atoms with Crippen molar-refractivity contribution in [1.82, 2.24) is 19.7 Å². The second kappa shape index (κ2) is 10.4. The van der Waals surface area contributed by atoms with E-state index in [0.717, 1.165) is 60.6 Å². The number of primary sulfonamides is 1. The van der Waals surface area contributed by atoms with E-state index in [2.05, 4.69) is 25.0 Å². The second-order valence-corrected chi connectivity index (χ2v) is 14.5. The van der Waals surface area contributed by atoms with Crippen molar-refractivity contribution in [2.75, 3.05) is 5.32 Å². The summed E-state index contributed by atoms with van der Waals surface area (Å²) in [6.45, 7) is 0. The van der Waals surface area contributed by atoms with E-state index in [0.29, 0.717) is 22.2 Å². The average Bonchev–Trinajstić information content (AvgIpc) is 3.69. The number of nitrogens with zero attached hydrogens (tertiary/aromatic N) is 2. The monoisotopic (exact) mass is 600 g/mol. The van der Waals surface area contributed by atoms with E-state index in [1.807, 2.05) is 18.3 Å². The van der Waals surface area contributed by atoms with Crippen LogP contribution in [0.25, 0.3) is 33.3 Å². The number of rotatable bonds is 8. The molecule has 3 heterocycles. The molecule has 0 unspecified atom stereocenters. The highest BCUT2D eigenvalue weighted by atomic mass is 35.5. The summed E-state index contributed by atoms with van der Waals surface area (Å²) in [6.07, 6.45) is 8.22. The number of halogens is 1. The van der Waals surface area contributed by atoms with Crippen LogP contribution in [0.3, 0.4) is 0 Å². The van der Waals surface area contributed by atoms with Gasteiger partial charge in [0.25, 0.3) is 0 Å². The van der Waals surface area contributed by atoms with Crippen LogP contribution in [0.4, 0.5) is 5.82 Å². The Kier molecular flexibility index (Phi) is 7.07. The maximum atomic E-state index is 12.3. The van der Waals surface area contributed by atoms with Gasteiger partial charge in [-0.1, -0.05) is 23.7 Å². The summed E-state index contributed by atoms with van der Waals surface area (Å²) in [6, 6.07) is 12.2. The molecule has 2 fully saturated rings. The van der Waals surface area contributed by atoms with E-state index in [4.69, 9.17) is 16.7 Å². The highest BCUT2D eigenvalue weighted by Gasteiger charge is 2.37. The number of nitrogens with two attached hydrogens (primary N) is 1. The number of H-pyrrole nitrogens is 1. The Hall–Kier alpha value is -3.03. The Labute approximate surface area is 237 Å². The SMILES string of the molecule is NS(=O)(=O)c1cccc(-c2cnc3[nH]cc(-c4cc(Cl)nc(N[C@H]5CC[C@H](NS(=O)(=O)C6CC6)CC5)c4)c3c2)c1. The number of aromatic nitrogens is 3. The van der Waals surface area contributed by atoms with Crippen LogP contribution in [0.15, 0.2) is 59.8 Å². The first-order chi connectivity index (χ1) is 19.0. The molecule has 210 valence electrons. The molecule has 0 spiro atoms. The normalized spacial score (nSPS) is 20.1. The topological polar surface area (TPSA) is 160 Å². The Morgan fingerprint density at radius 1 is 0.900 bits per heavy atom. The van der Waals surface area contributed by atoms with E-state index in [1.165, 1.54) is 12.1 Å². The molecule has 5 N–H and O–H groups in total. The van der Waals surface area contributed by atoms with Gasteiger partial charge in [-0.15, -0.1) is 0 Å². The van der Waals surface area contributed by atoms with Crippen LogP contribution >= 0.6 is 11.6 Å². The molecule has 0 bridgehead atoms. The molecule has 10 nitrogen and oxygen atoms in total. The zero-order chi connectivity index (χ0) is 28.1. The van der Waals surface area contributed by atoms with E-state index in [1.54, 1.807) is 24.4 Å². The molecule has 0 saturated heterocycles. The smallest absolute Gasteiger partial charge is 0.238 e. The van der Waals surface area contributed by atoms with Gasteiger partial charge in [-0.3, -0.25) is 0 Å². The van der Waals surface area contributed by atoms with Crippen LogP contribution in [0.1, 0.15) is 38.5 Å². The van der Waals surface area contributed by atoms with Crippen molar-refractivity contribution >= 4 is 48.5 Å². The van der Waals surface area contributed by atoms with Gasteiger partial charge in [-0.05, 0) is 80.0 Å². The maximum Gasteiger partial charge on any atom is 0.238 e. The van der Waals surface area contributed by atoms with Crippen LogP contribution in [0, 0.1) is 0 Å². The maximum absolute atomic E-state index is 12.3. The third kappa shape index (κ3) is 5.86. The first-order valence-corrected chi connectivity index (χ1v) is 16.6. The lowest BCUT2D eigenvalue weighted by atomic mass is 9.92. The predicted octanol–water partition coefficient (Wildman–Crippen LogP) is 4.40. The first-order valence-electron chi connectivity index (χ1n) is 13.1. The molecule has 2 aliphatic carbocycles. The molecule has 2 saturated carbocycles. The van der Waals surface area contributed by atoms with Crippen molar-refractivity contribution in [3.63, 3.8) is 0 Å². The molecule has 0 aliphatic heterocycles. The Bertz CT molecular complexity index is 1800. The summed E-state index contributed by atoms with van der Waals surface area (Å²) < 4.78 is 51.1. The van der Waals surface area contributed by atoms with Crippen LogP contribution in [0.5, 0.6) is 0 Å². The molecule has 2 aliphatic rings. The van der Waals surface area contributed by atoms with Gasteiger partial charge in [-0.2, -0.15) is 0 Å². The van der Waals surface area contributed by atoms with E-state index >= 15 is 0 Å². The van der Waals surface area contributed by atoms with Gasteiger partial charge < -0.3 is 10.3 Å². The second-order valence-electron chi connectivity index (χ2n) is 10.5. The predicted molar refractivity (Wildman–Crippen MR) is 156 cm³/mol. The minimum absolute atomic E-state index is 0.0231. The molecule has 0 amide bonds. The Morgan fingerprint density at radius 3 is 2.38 bits per heavy atom. The summed E-state index contributed by atoms with van der Waals surface area (Å²) >= 11 is 6.43. The summed E-state index contributed by atoms with van der Waals surface area (Å²) in [5.74, 6) is 0.642. The largest absolute Gasteiger partial charge is 0.367 e. The average molecular weight is 601 g/mol. The standard InChI is InChI=1S/C27H29ClN6O4S2/c28-25-12-17(13-26(33-25)32-19-4-6-20(7-5-19)34-40(37,38)21-8-9-21)24-15-31-27-23(24)11-18(14-30-27)16-2-1-3-22(10-16)39(29,35)36/h1-3,10-15,19-21,34H,4-9H2,(H,30,31)(H,32,33)(H2,29,35,36)/t19-,20-. The number of nitrogens with one attached hydrogen (secondary N) is 3. The highest BCUT2D eigenvalue weighted by Crippen LogP contribution is 2.34. The third-order valence-electron chi connectivity index (χ3n) is 7.51. The van der Waals surface area contributed by atoms with Gasteiger partial charge in [0.15, 0.2) is 0 Å². The van der Waals surface area contributed by atoms with Crippen LogP contribution in [0.2, 0.25) is 5.15 Å². The van der Waals surface area contributed by atoms with Gasteiger partial charge in [0.1, 0.15) is 16.6 Å². The van der Waals surface area contributed by atoms with E-state index in [-0.39, 0.29) is 22.2 Å². The van der Waals surface area contributed by atoms with Crippen molar-refractivity contribution in [3.8, 4) is 22.3 Å². The van der Waals surface area contributed by atoms with E-state index in [9.17, 15) is 16.8 Å². The third-order valence-corrected chi connectivity index (χ3v) is 10.6. The molecule has 4 aromatic rings. The zero-order valence-electron chi connectivity index (χ0n) is 21.5. The molecular weight excluding hydrogens is 572 g/mol. The summed E-state index contributed by atoms with van der Waals surface area (Å²) in [7, 11) is -7.02. The fourth-order valence-corrected chi connectivity index (χ4v) is 7.67. The van der Waals surface area contributed by atoms with Gasteiger partial charge >= 0.3 is 0 Å². The highest BCUT2D eigenvalue weighted by molar-refractivity contribution is 7.90. The van der Waals surface area contributed by atoms with Crippen molar-refractivity contribution in [2.45, 2.75) is 60.8 Å². The van der Waals surface area contributed by atoms with Crippen LogP contribution in [-0.2, 0) is 20.0 Å². The van der Waals surface area contributed by atoms with Gasteiger partial charge in [-0.25, -0.2) is 36.7 Å². The molecule has 3 aromatic heterocycles. The van der Waals surface area contributed by atoms with Crippen molar-refractivity contribution in [3.05, 3.63) is 60.0 Å². The van der Waals surface area contributed by atoms with Crippen LogP contribution in [-0.4, -0.2) is 49.1 Å². The number of fused-ring (bicyclic) bond motifs is 1. The minimum atomic E-state index is -3.84. The lowest BCUT2D eigenvalue weighted by Crippen LogP contribution is -2.41.